The van der Waals surface area contributed by atoms with E-state index < -0.39 is 12.8 Å². The Kier molecular flexibility index (Phi) is 6.52. The van der Waals surface area contributed by atoms with Gasteiger partial charge in [0.25, 0.3) is 5.91 Å². The third kappa shape index (κ3) is 5.70. The summed E-state index contributed by atoms with van der Waals surface area (Å²) >= 11 is 1.67. The smallest absolute Gasteiger partial charge is 0.422 e. The predicted molar refractivity (Wildman–Crippen MR) is 94.3 cm³/mol. The summed E-state index contributed by atoms with van der Waals surface area (Å²) in [5, 5.41) is 11.7. The molecule has 0 spiro atoms. The first kappa shape index (κ1) is 19.7. The van der Waals surface area contributed by atoms with Gasteiger partial charge in [0.2, 0.25) is 0 Å². The molecule has 0 aliphatic heterocycles. The summed E-state index contributed by atoms with van der Waals surface area (Å²) < 4.78 is 41.3. The highest BCUT2D eigenvalue weighted by atomic mass is 32.2. The first-order valence-electron chi connectivity index (χ1n) is 7.45. The van der Waals surface area contributed by atoms with E-state index in [9.17, 15) is 18.0 Å². The van der Waals surface area contributed by atoms with E-state index >= 15 is 0 Å². The van der Waals surface area contributed by atoms with Crippen LogP contribution in [0.2, 0.25) is 0 Å². The molecular weight excluding hydrogens is 365 g/mol. The summed E-state index contributed by atoms with van der Waals surface area (Å²) in [6.45, 7) is -1.49. The van der Waals surface area contributed by atoms with Gasteiger partial charge in [-0.05, 0) is 42.2 Å². The van der Waals surface area contributed by atoms with E-state index in [-0.39, 0.29) is 17.2 Å². The van der Waals surface area contributed by atoms with Gasteiger partial charge < -0.3 is 10.1 Å². The van der Waals surface area contributed by atoms with Crippen molar-refractivity contribution in [1.82, 2.24) is 0 Å². The Labute approximate surface area is 153 Å². The van der Waals surface area contributed by atoms with Gasteiger partial charge in [-0.3, -0.25) is 4.79 Å². The summed E-state index contributed by atoms with van der Waals surface area (Å²) in [5.74, 6) is 0.269. The second-order valence-corrected chi connectivity index (χ2v) is 6.18. The average Bonchev–Trinajstić information content (AvgIpc) is 2.60. The number of nitriles is 1. The van der Waals surface area contributed by atoms with E-state index in [4.69, 9.17) is 5.26 Å². The minimum atomic E-state index is -4.50. The highest BCUT2D eigenvalue weighted by Gasteiger charge is 2.28. The lowest BCUT2D eigenvalue weighted by Crippen LogP contribution is -2.19. The van der Waals surface area contributed by atoms with E-state index in [2.05, 4.69) is 10.1 Å². The molecule has 136 valence electrons. The van der Waals surface area contributed by atoms with Crippen LogP contribution in [-0.4, -0.2) is 24.9 Å². The molecule has 2 rings (SSSR count). The molecule has 1 amide bonds. The predicted octanol–water partition coefficient (Wildman–Crippen LogP) is 4.61. The monoisotopic (exact) mass is 380 g/mol. The number of ether oxygens (including phenoxy) is 1. The summed E-state index contributed by atoms with van der Waals surface area (Å²) in [6, 6.07) is 12.7. The fraction of sp³-hybridized carbons (Fsp3) is 0.222. The lowest BCUT2D eigenvalue weighted by molar-refractivity contribution is -0.153. The van der Waals surface area contributed by atoms with Gasteiger partial charge >= 0.3 is 6.18 Å². The molecule has 0 saturated heterocycles. The average molecular weight is 380 g/mol. The maximum atomic E-state index is 12.2. The highest BCUT2D eigenvalue weighted by molar-refractivity contribution is 7.97. The van der Waals surface area contributed by atoms with Crippen LogP contribution in [0.25, 0.3) is 0 Å². The topological polar surface area (TPSA) is 62.1 Å². The van der Waals surface area contributed by atoms with Crippen molar-refractivity contribution in [2.24, 2.45) is 0 Å². The third-order valence-electron chi connectivity index (χ3n) is 3.28. The minimum absolute atomic E-state index is 0.0950. The van der Waals surface area contributed by atoms with E-state index in [0.717, 1.165) is 11.3 Å². The van der Waals surface area contributed by atoms with Crippen LogP contribution in [0.1, 0.15) is 21.5 Å². The molecule has 0 aliphatic rings. The van der Waals surface area contributed by atoms with Crippen molar-refractivity contribution in [3.63, 3.8) is 0 Å². The quantitative estimate of drug-likeness (QED) is 0.795. The maximum Gasteiger partial charge on any atom is 0.422 e. The zero-order valence-electron chi connectivity index (χ0n) is 13.8. The minimum Gasteiger partial charge on any atom is -0.483 e. The number of halogens is 3. The van der Waals surface area contributed by atoms with Crippen LogP contribution in [0.4, 0.5) is 18.9 Å². The van der Waals surface area contributed by atoms with Crippen LogP contribution >= 0.6 is 11.8 Å². The van der Waals surface area contributed by atoms with E-state index in [1.165, 1.54) is 18.2 Å². The number of benzene rings is 2. The lowest BCUT2D eigenvalue weighted by atomic mass is 10.1. The van der Waals surface area contributed by atoms with Crippen LogP contribution in [0.5, 0.6) is 5.75 Å². The Morgan fingerprint density at radius 3 is 2.50 bits per heavy atom. The largest absolute Gasteiger partial charge is 0.483 e. The molecule has 0 fully saturated rings. The van der Waals surface area contributed by atoms with Crippen molar-refractivity contribution in [3.05, 3.63) is 59.2 Å². The first-order chi connectivity index (χ1) is 12.3. The molecule has 0 unspecified atom stereocenters. The van der Waals surface area contributed by atoms with Gasteiger partial charge in [0, 0.05) is 17.0 Å². The number of carbonyl (C=O) groups is 1. The van der Waals surface area contributed by atoms with Gasteiger partial charge in [-0.2, -0.15) is 30.2 Å². The number of anilines is 1. The van der Waals surface area contributed by atoms with Crippen LogP contribution in [-0.2, 0) is 5.75 Å². The zero-order chi connectivity index (χ0) is 19.2. The van der Waals surface area contributed by atoms with Crippen LogP contribution in [0.15, 0.2) is 42.5 Å². The van der Waals surface area contributed by atoms with Crippen molar-refractivity contribution in [2.45, 2.75) is 11.9 Å². The Morgan fingerprint density at radius 1 is 1.23 bits per heavy atom. The zero-order valence-corrected chi connectivity index (χ0v) is 14.6. The summed E-state index contributed by atoms with van der Waals surface area (Å²) in [4.78, 5) is 12.2. The lowest BCUT2D eigenvalue weighted by Gasteiger charge is -2.12. The van der Waals surface area contributed by atoms with E-state index in [1.54, 1.807) is 30.0 Å². The van der Waals surface area contributed by atoms with Gasteiger partial charge in [0.05, 0.1) is 5.56 Å². The standard InChI is InChI=1S/C18H15F3N2O2S/c1-26-10-12-2-4-13(5-3-12)17(24)23-15-6-7-16(14(8-15)9-22)25-11-18(19,20)21/h2-8H,10-11H2,1H3,(H,23,24). The van der Waals surface area contributed by atoms with Gasteiger partial charge in [-0.25, -0.2) is 0 Å². The van der Waals surface area contributed by atoms with Crippen LogP contribution in [0, 0.1) is 11.3 Å². The van der Waals surface area contributed by atoms with Gasteiger partial charge in [-0.1, -0.05) is 12.1 Å². The number of thioether (sulfide) groups is 1. The summed E-state index contributed by atoms with van der Waals surface area (Å²) in [5.41, 5.74) is 1.72. The van der Waals surface area contributed by atoms with Crippen molar-refractivity contribution < 1.29 is 22.7 Å². The molecule has 8 heteroatoms. The number of amides is 1. The van der Waals surface area contributed by atoms with Gasteiger partial charge in [-0.15, -0.1) is 0 Å². The number of nitrogens with one attached hydrogen (secondary N) is 1. The second-order valence-electron chi connectivity index (χ2n) is 5.31. The molecule has 2 aromatic carbocycles. The van der Waals surface area contributed by atoms with Crippen molar-refractivity contribution >= 4 is 23.4 Å². The second kappa shape index (κ2) is 8.63. The molecule has 0 saturated carbocycles. The normalized spacial score (nSPS) is 10.9. The SMILES string of the molecule is CSCc1ccc(C(=O)Nc2ccc(OCC(F)(F)F)c(C#N)c2)cc1. The Balaban J connectivity index is 2.09. The fourth-order valence-electron chi connectivity index (χ4n) is 2.10. The van der Waals surface area contributed by atoms with E-state index in [1.807, 2.05) is 18.4 Å². The molecular formula is C18H15F3N2O2S. The number of hydrogen-bond donors (Lipinski definition) is 1. The number of carbonyl (C=O) groups excluding carboxylic acids is 1. The Morgan fingerprint density at radius 2 is 1.92 bits per heavy atom. The fourth-order valence-corrected chi connectivity index (χ4v) is 2.63. The molecule has 2 aromatic rings. The van der Waals surface area contributed by atoms with Gasteiger partial charge in [0.1, 0.15) is 11.8 Å². The van der Waals surface area contributed by atoms with Crippen molar-refractivity contribution in [1.29, 1.82) is 5.26 Å². The number of alkyl halides is 3. The van der Waals surface area contributed by atoms with Crippen LogP contribution in [0.3, 0.4) is 0 Å². The first-order valence-corrected chi connectivity index (χ1v) is 8.84. The molecule has 0 aliphatic carbocycles. The van der Waals surface area contributed by atoms with Crippen molar-refractivity contribution in [2.75, 3.05) is 18.2 Å². The number of nitrogens with zero attached hydrogens (tertiary/aromatic N) is 1. The van der Waals surface area contributed by atoms with Gasteiger partial charge in [0.15, 0.2) is 6.61 Å². The molecule has 26 heavy (non-hydrogen) atoms. The molecule has 0 heterocycles. The van der Waals surface area contributed by atoms with Crippen molar-refractivity contribution in [3.8, 4) is 11.8 Å². The molecule has 0 atom stereocenters. The summed E-state index contributed by atoms with van der Waals surface area (Å²) in [6.07, 6.45) is -2.52. The van der Waals surface area contributed by atoms with E-state index in [0.29, 0.717) is 11.3 Å². The molecule has 0 bridgehead atoms. The molecule has 0 radical (unpaired) electrons. The summed E-state index contributed by atoms with van der Waals surface area (Å²) in [7, 11) is 0. The number of hydrogen-bond acceptors (Lipinski definition) is 4. The molecule has 4 nitrogen and oxygen atoms in total. The maximum absolute atomic E-state index is 12.2. The van der Waals surface area contributed by atoms with Crippen LogP contribution < -0.4 is 10.1 Å². The highest BCUT2D eigenvalue weighted by Crippen LogP contribution is 2.25. The Hall–Kier alpha value is -2.66. The Bertz CT molecular complexity index is 815. The third-order valence-corrected chi connectivity index (χ3v) is 3.90. The number of rotatable bonds is 6. The molecule has 1 N–H and O–H groups in total. The molecule has 0 aromatic heterocycles.